The lowest BCUT2D eigenvalue weighted by Crippen LogP contribution is -2.29. The van der Waals surface area contributed by atoms with E-state index in [2.05, 4.69) is 20.3 Å². The highest BCUT2D eigenvalue weighted by molar-refractivity contribution is 6.32. The maximum absolute atomic E-state index is 9.73. The monoisotopic (exact) mass is 450 g/mol. The molecule has 2 N–H and O–H groups in total. The molecule has 0 spiro atoms. The minimum absolute atomic E-state index is 0.206. The summed E-state index contributed by atoms with van der Waals surface area (Å²) in [5, 5.41) is 13.6. The number of hydrogen-bond donors (Lipinski definition) is 2. The van der Waals surface area contributed by atoms with Crippen LogP contribution in [0.25, 0.3) is 28.2 Å². The van der Waals surface area contributed by atoms with Crippen molar-refractivity contribution in [3.63, 3.8) is 0 Å². The Balaban J connectivity index is 1.48. The van der Waals surface area contributed by atoms with Crippen molar-refractivity contribution in [3.8, 4) is 28.4 Å². The molecule has 4 aromatic heterocycles. The molecule has 8 nitrogen and oxygen atoms in total. The minimum Gasteiger partial charge on any atom is -0.481 e. The van der Waals surface area contributed by atoms with Gasteiger partial charge in [-0.2, -0.15) is 0 Å². The van der Waals surface area contributed by atoms with Crippen LogP contribution in [0.15, 0.2) is 49.1 Å². The summed E-state index contributed by atoms with van der Waals surface area (Å²) in [6.07, 6.45) is 10.3. The topological polar surface area (TPSA) is 97.5 Å². The Morgan fingerprint density at radius 3 is 2.56 bits per heavy atom. The van der Waals surface area contributed by atoms with E-state index in [1.807, 2.05) is 34.9 Å². The normalized spacial score (nSPS) is 18.6. The van der Waals surface area contributed by atoms with E-state index in [4.69, 9.17) is 21.3 Å². The fourth-order valence-corrected chi connectivity index (χ4v) is 4.21. The number of aromatic nitrogens is 5. The number of halogens is 1. The lowest BCUT2D eigenvalue weighted by molar-refractivity contribution is 0.126. The first-order chi connectivity index (χ1) is 15.6. The number of hydrogen-bond acceptors (Lipinski definition) is 7. The summed E-state index contributed by atoms with van der Waals surface area (Å²) >= 11 is 6.49. The van der Waals surface area contributed by atoms with Crippen LogP contribution < -0.4 is 10.1 Å². The zero-order valence-electron chi connectivity index (χ0n) is 17.6. The predicted molar refractivity (Wildman–Crippen MR) is 123 cm³/mol. The van der Waals surface area contributed by atoms with Crippen LogP contribution in [0.1, 0.15) is 25.7 Å². The second kappa shape index (κ2) is 8.72. The molecule has 1 fully saturated rings. The molecule has 5 rings (SSSR count). The van der Waals surface area contributed by atoms with Crippen molar-refractivity contribution in [1.82, 2.24) is 24.3 Å². The van der Waals surface area contributed by atoms with Crippen LogP contribution in [0.3, 0.4) is 0 Å². The molecule has 1 saturated carbocycles. The SMILES string of the molecule is COc1ccc(-c2ccc3ncc(-c4nc(NC5CCC(O)CC5)ncc4Cl)n3c2)cn1. The lowest BCUT2D eigenvalue weighted by atomic mass is 9.93. The number of ether oxygens (including phenoxy) is 1. The summed E-state index contributed by atoms with van der Waals surface area (Å²) in [5.41, 5.74) is 4.12. The van der Waals surface area contributed by atoms with Crippen molar-refractivity contribution in [1.29, 1.82) is 0 Å². The van der Waals surface area contributed by atoms with Gasteiger partial charge in [-0.15, -0.1) is 0 Å². The molecule has 9 heteroatoms. The van der Waals surface area contributed by atoms with E-state index in [0.29, 0.717) is 22.5 Å². The second-order valence-electron chi connectivity index (χ2n) is 7.92. The Hall–Kier alpha value is -3.23. The Kier molecular flexibility index (Phi) is 5.63. The van der Waals surface area contributed by atoms with Crippen LogP contribution in [0.5, 0.6) is 5.88 Å². The number of anilines is 1. The molecule has 164 valence electrons. The number of aliphatic hydroxyl groups is 1. The molecule has 0 aliphatic heterocycles. The molecule has 1 aliphatic rings. The number of rotatable bonds is 5. The van der Waals surface area contributed by atoms with Gasteiger partial charge in [-0.05, 0) is 43.9 Å². The van der Waals surface area contributed by atoms with Gasteiger partial charge in [-0.3, -0.25) is 4.40 Å². The van der Waals surface area contributed by atoms with E-state index in [1.165, 1.54) is 0 Å². The van der Waals surface area contributed by atoms with Gasteiger partial charge in [0, 0.05) is 35.6 Å². The molecule has 32 heavy (non-hydrogen) atoms. The van der Waals surface area contributed by atoms with Gasteiger partial charge >= 0.3 is 0 Å². The van der Waals surface area contributed by atoms with E-state index in [1.54, 1.807) is 25.7 Å². The number of nitrogens with zero attached hydrogens (tertiary/aromatic N) is 5. The van der Waals surface area contributed by atoms with Gasteiger partial charge in [-0.1, -0.05) is 11.6 Å². The van der Waals surface area contributed by atoms with Crippen molar-refractivity contribution >= 4 is 23.2 Å². The van der Waals surface area contributed by atoms with Crippen LogP contribution in [0.4, 0.5) is 5.95 Å². The molecule has 0 amide bonds. The zero-order valence-corrected chi connectivity index (χ0v) is 18.3. The van der Waals surface area contributed by atoms with Gasteiger partial charge in [0.15, 0.2) is 0 Å². The first-order valence-electron chi connectivity index (χ1n) is 10.6. The van der Waals surface area contributed by atoms with E-state index >= 15 is 0 Å². The molecule has 0 bridgehead atoms. The molecule has 0 radical (unpaired) electrons. The number of methoxy groups -OCH3 is 1. The molecule has 4 heterocycles. The van der Waals surface area contributed by atoms with Gasteiger partial charge in [-0.25, -0.2) is 19.9 Å². The molecule has 0 atom stereocenters. The Morgan fingerprint density at radius 2 is 1.81 bits per heavy atom. The lowest BCUT2D eigenvalue weighted by Gasteiger charge is -2.26. The van der Waals surface area contributed by atoms with Gasteiger partial charge in [0.2, 0.25) is 11.8 Å². The highest BCUT2D eigenvalue weighted by Crippen LogP contribution is 2.30. The van der Waals surface area contributed by atoms with Gasteiger partial charge in [0.1, 0.15) is 11.3 Å². The first-order valence-corrected chi connectivity index (χ1v) is 10.9. The largest absolute Gasteiger partial charge is 0.481 e. The van der Waals surface area contributed by atoms with Gasteiger partial charge in [0.05, 0.1) is 36.3 Å². The number of fused-ring (bicyclic) bond motifs is 1. The average Bonchev–Trinajstić information content (AvgIpc) is 3.25. The fraction of sp³-hybridized carbons (Fsp3) is 0.304. The van der Waals surface area contributed by atoms with Crippen molar-refractivity contribution < 1.29 is 9.84 Å². The minimum atomic E-state index is -0.206. The average molecular weight is 451 g/mol. The summed E-state index contributed by atoms with van der Waals surface area (Å²) in [6, 6.07) is 7.98. The molecule has 0 aromatic carbocycles. The van der Waals surface area contributed by atoms with E-state index in [0.717, 1.165) is 48.2 Å². The van der Waals surface area contributed by atoms with Gasteiger partial charge < -0.3 is 15.2 Å². The Bertz CT molecular complexity index is 1240. The van der Waals surface area contributed by atoms with E-state index in [-0.39, 0.29) is 12.1 Å². The predicted octanol–water partition coefficient (Wildman–Crippen LogP) is 4.23. The molecular weight excluding hydrogens is 428 g/mol. The number of nitrogens with one attached hydrogen (secondary N) is 1. The first kappa shape index (κ1) is 20.7. The van der Waals surface area contributed by atoms with Crippen molar-refractivity contribution in [2.45, 2.75) is 37.8 Å². The fourth-order valence-electron chi connectivity index (χ4n) is 4.02. The van der Waals surface area contributed by atoms with Crippen molar-refractivity contribution in [2.75, 3.05) is 12.4 Å². The second-order valence-corrected chi connectivity index (χ2v) is 8.33. The zero-order chi connectivity index (χ0) is 22.1. The third-order valence-electron chi connectivity index (χ3n) is 5.80. The van der Waals surface area contributed by atoms with Crippen LogP contribution in [-0.2, 0) is 0 Å². The quantitative estimate of drug-likeness (QED) is 0.469. The van der Waals surface area contributed by atoms with Crippen LogP contribution >= 0.6 is 11.6 Å². The highest BCUT2D eigenvalue weighted by Gasteiger charge is 2.21. The molecular formula is C23H23ClN6O2. The third kappa shape index (κ3) is 4.11. The van der Waals surface area contributed by atoms with Crippen molar-refractivity contribution in [3.05, 3.63) is 54.1 Å². The summed E-state index contributed by atoms with van der Waals surface area (Å²) in [6.45, 7) is 0. The molecule has 0 unspecified atom stereocenters. The Morgan fingerprint density at radius 1 is 1.00 bits per heavy atom. The van der Waals surface area contributed by atoms with E-state index in [9.17, 15) is 5.11 Å². The number of imidazole rings is 1. The van der Waals surface area contributed by atoms with E-state index < -0.39 is 0 Å². The summed E-state index contributed by atoms with van der Waals surface area (Å²) < 4.78 is 7.12. The van der Waals surface area contributed by atoms with Crippen LogP contribution in [0, 0.1) is 0 Å². The summed E-state index contributed by atoms with van der Waals surface area (Å²) in [7, 11) is 1.60. The summed E-state index contributed by atoms with van der Waals surface area (Å²) in [4.78, 5) is 17.9. The molecule has 1 aliphatic carbocycles. The maximum atomic E-state index is 9.73. The van der Waals surface area contributed by atoms with Gasteiger partial charge in [0.25, 0.3) is 0 Å². The molecule has 4 aromatic rings. The standard InChI is InChI=1S/C23H23ClN6O2/c1-32-21-9-3-14(10-26-21)15-2-8-20-25-12-19(30(20)13-15)22-18(24)11-27-23(29-22)28-16-4-6-17(31)7-5-16/h2-3,8-13,16-17,31H,4-7H2,1H3,(H,27,28,29). The van der Waals surface area contributed by atoms with Crippen molar-refractivity contribution in [2.24, 2.45) is 0 Å². The Labute approximate surface area is 190 Å². The van der Waals surface area contributed by atoms with Crippen LogP contribution in [-0.4, -0.2) is 48.7 Å². The smallest absolute Gasteiger partial charge is 0.223 e. The maximum Gasteiger partial charge on any atom is 0.223 e. The number of pyridine rings is 2. The van der Waals surface area contributed by atoms with Crippen LogP contribution in [0.2, 0.25) is 5.02 Å². The third-order valence-corrected chi connectivity index (χ3v) is 6.08. The summed E-state index contributed by atoms with van der Waals surface area (Å²) in [5.74, 6) is 1.09. The molecule has 0 saturated heterocycles. The highest BCUT2D eigenvalue weighted by atomic mass is 35.5. The number of aliphatic hydroxyl groups excluding tert-OH is 1.